The molecule has 0 aliphatic carbocycles. The lowest BCUT2D eigenvalue weighted by Gasteiger charge is -2.07. The normalized spacial score (nSPS) is 10.1. The van der Waals surface area contributed by atoms with Crippen LogP contribution in [0.15, 0.2) is 6.07 Å². The molecule has 0 radical (unpaired) electrons. The summed E-state index contributed by atoms with van der Waals surface area (Å²) in [5.74, 6) is -0.417. The minimum Gasteiger partial charge on any atom is -0.425 e. The van der Waals surface area contributed by atoms with Crippen molar-refractivity contribution in [2.24, 2.45) is 0 Å². The van der Waals surface area contributed by atoms with Gasteiger partial charge in [0.25, 0.3) is 0 Å². The smallest absolute Gasteiger partial charge is 0.308 e. The molecule has 0 heterocycles. The molecule has 0 amide bonds. The first-order chi connectivity index (χ1) is 6.43. The molecule has 0 bridgehead atoms. The van der Waals surface area contributed by atoms with E-state index in [4.69, 9.17) is 51.1 Å². The molecule has 0 N–H and O–H groups in total. The molecular formula is C8H4Cl4O2. The van der Waals surface area contributed by atoms with Gasteiger partial charge in [-0.05, 0) is 0 Å². The van der Waals surface area contributed by atoms with Gasteiger partial charge < -0.3 is 4.74 Å². The Kier molecular flexibility index (Phi) is 3.90. The number of carbonyl (C=O) groups is 1. The molecule has 0 atom stereocenters. The van der Waals surface area contributed by atoms with Crippen molar-refractivity contribution in [1.82, 2.24) is 0 Å². The van der Waals surface area contributed by atoms with Crippen molar-refractivity contribution >= 4 is 52.4 Å². The maximum absolute atomic E-state index is 10.7. The van der Waals surface area contributed by atoms with Gasteiger partial charge in [0, 0.05) is 13.0 Å². The van der Waals surface area contributed by atoms with Crippen molar-refractivity contribution in [3.63, 3.8) is 0 Å². The molecule has 0 fully saturated rings. The van der Waals surface area contributed by atoms with E-state index in [1.54, 1.807) is 0 Å². The van der Waals surface area contributed by atoms with E-state index in [9.17, 15) is 4.79 Å². The van der Waals surface area contributed by atoms with Gasteiger partial charge in [0.2, 0.25) is 0 Å². The van der Waals surface area contributed by atoms with Crippen LogP contribution in [0.1, 0.15) is 6.92 Å². The zero-order valence-electron chi connectivity index (χ0n) is 6.91. The summed E-state index contributed by atoms with van der Waals surface area (Å²) in [6.45, 7) is 1.24. The Bertz CT molecular complexity index is 389. The molecule has 1 aromatic rings. The number of hydrogen-bond acceptors (Lipinski definition) is 2. The summed E-state index contributed by atoms with van der Waals surface area (Å²) >= 11 is 22.9. The number of benzene rings is 1. The SMILES string of the molecule is CC(=O)Oc1cc(Cl)c(Cl)c(Cl)c1Cl. The van der Waals surface area contributed by atoms with E-state index < -0.39 is 5.97 Å². The van der Waals surface area contributed by atoms with Gasteiger partial charge >= 0.3 is 5.97 Å². The monoisotopic (exact) mass is 272 g/mol. The summed E-state index contributed by atoms with van der Waals surface area (Å²) in [7, 11) is 0. The number of rotatable bonds is 1. The highest BCUT2D eigenvalue weighted by Crippen LogP contribution is 2.41. The summed E-state index contributed by atoms with van der Waals surface area (Å²) < 4.78 is 4.76. The standard InChI is InChI=1S/C8H4Cl4O2/c1-3(13)14-5-2-4(9)6(10)8(12)7(5)11/h2H,1H3. The van der Waals surface area contributed by atoms with Crippen LogP contribution in [0.2, 0.25) is 20.1 Å². The molecule has 0 saturated heterocycles. The molecule has 0 aliphatic heterocycles. The zero-order chi connectivity index (χ0) is 10.9. The third-order valence-corrected chi connectivity index (χ3v) is 3.06. The lowest BCUT2D eigenvalue weighted by atomic mass is 10.3. The Morgan fingerprint density at radius 2 is 1.71 bits per heavy atom. The van der Waals surface area contributed by atoms with Crippen LogP contribution in [-0.2, 0) is 4.79 Å². The zero-order valence-corrected chi connectivity index (χ0v) is 9.93. The average Bonchev–Trinajstić information content (AvgIpc) is 2.10. The van der Waals surface area contributed by atoms with E-state index >= 15 is 0 Å². The minimum absolute atomic E-state index is 0.0660. The summed E-state index contributed by atoms with van der Waals surface area (Å²) in [5.41, 5.74) is 0. The van der Waals surface area contributed by atoms with Crippen LogP contribution in [0.5, 0.6) is 5.75 Å². The lowest BCUT2D eigenvalue weighted by molar-refractivity contribution is -0.131. The second kappa shape index (κ2) is 4.58. The van der Waals surface area contributed by atoms with Crippen LogP contribution in [-0.4, -0.2) is 5.97 Å². The van der Waals surface area contributed by atoms with Crippen LogP contribution in [0.25, 0.3) is 0 Å². The maximum Gasteiger partial charge on any atom is 0.308 e. The Balaban J connectivity index is 3.25. The minimum atomic E-state index is -0.513. The molecule has 76 valence electrons. The van der Waals surface area contributed by atoms with E-state index in [0.717, 1.165) is 0 Å². The summed E-state index contributed by atoms with van der Waals surface area (Å²) in [5, 5.41) is 0.444. The third kappa shape index (κ3) is 2.45. The predicted molar refractivity (Wildman–Crippen MR) is 57.8 cm³/mol. The topological polar surface area (TPSA) is 26.3 Å². The average molecular weight is 274 g/mol. The van der Waals surface area contributed by atoms with Gasteiger partial charge in [0.1, 0.15) is 5.02 Å². The van der Waals surface area contributed by atoms with Crippen LogP contribution >= 0.6 is 46.4 Å². The molecule has 2 nitrogen and oxygen atoms in total. The number of halogens is 4. The van der Waals surface area contributed by atoms with Crippen molar-refractivity contribution in [2.75, 3.05) is 0 Å². The van der Waals surface area contributed by atoms with E-state index in [1.165, 1.54) is 13.0 Å². The van der Waals surface area contributed by atoms with Crippen LogP contribution in [0, 0.1) is 0 Å². The first-order valence-corrected chi connectivity index (χ1v) is 4.96. The second-order valence-corrected chi connectivity index (χ2v) is 3.93. The molecule has 0 unspecified atom stereocenters. The fraction of sp³-hybridized carbons (Fsp3) is 0.125. The molecule has 0 saturated carbocycles. The Morgan fingerprint density at radius 1 is 1.14 bits per heavy atom. The summed E-state index contributed by atoms with van der Waals surface area (Å²) in [6.07, 6.45) is 0. The fourth-order valence-corrected chi connectivity index (χ4v) is 1.60. The van der Waals surface area contributed by atoms with Gasteiger partial charge in [-0.25, -0.2) is 0 Å². The number of esters is 1. The molecule has 0 spiro atoms. The van der Waals surface area contributed by atoms with Gasteiger partial charge in [-0.15, -0.1) is 0 Å². The van der Waals surface area contributed by atoms with Gasteiger partial charge in [0.15, 0.2) is 5.75 Å². The van der Waals surface area contributed by atoms with Crippen LogP contribution in [0.3, 0.4) is 0 Å². The van der Waals surface area contributed by atoms with Gasteiger partial charge in [-0.1, -0.05) is 46.4 Å². The highest BCUT2D eigenvalue weighted by molar-refractivity contribution is 6.52. The number of carbonyl (C=O) groups excluding carboxylic acids is 1. The van der Waals surface area contributed by atoms with Crippen molar-refractivity contribution in [1.29, 1.82) is 0 Å². The fourth-order valence-electron chi connectivity index (χ4n) is 0.780. The van der Waals surface area contributed by atoms with Crippen LogP contribution < -0.4 is 4.74 Å². The Morgan fingerprint density at radius 3 is 2.21 bits per heavy atom. The van der Waals surface area contributed by atoms with Gasteiger partial charge in [-0.2, -0.15) is 0 Å². The molecule has 6 heteroatoms. The van der Waals surface area contributed by atoms with E-state index in [0.29, 0.717) is 0 Å². The molecule has 14 heavy (non-hydrogen) atoms. The maximum atomic E-state index is 10.7. The van der Waals surface area contributed by atoms with Gasteiger partial charge in [-0.3, -0.25) is 4.79 Å². The quantitative estimate of drug-likeness (QED) is 0.331. The van der Waals surface area contributed by atoms with Crippen molar-refractivity contribution in [2.45, 2.75) is 6.92 Å². The van der Waals surface area contributed by atoms with Gasteiger partial charge in [0.05, 0.1) is 15.1 Å². The highest BCUT2D eigenvalue weighted by Gasteiger charge is 2.15. The molecule has 0 aromatic heterocycles. The van der Waals surface area contributed by atoms with Crippen molar-refractivity contribution < 1.29 is 9.53 Å². The van der Waals surface area contributed by atoms with Crippen molar-refractivity contribution in [3.05, 3.63) is 26.2 Å². The summed E-state index contributed by atoms with van der Waals surface area (Å²) in [4.78, 5) is 10.7. The first kappa shape index (κ1) is 11.9. The predicted octanol–water partition coefficient (Wildman–Crippen LogP) is 4.23. The molecule has 1 rings (SSSR count). The molecular weight excluding hydrogens is 270 g/mol. The largest absolute Gasteiger partial charge is 0.425 e. The first-order valence-electron chi connectivity index (χ1n) is 3.45. The highest BCUT2D eigenvalue weighted by atomic mass is 35.5. The molecule has 1 aromatic carbocycles. The number of hydrogen-bond donors (Lipinski definition) is 0. The Hall–Kier alpha value is -0.150. The number of ether oxygens (including phenoxy) is 1. The van der Waals surface area contributed by atoms with E-state index in [1.807, 2.05) is 0 Å². The second-order valence-electron chi connectivity index (χ2n) is 2.39. The van der Waals surface area contributed by atoms with Crippen LogP contribution in [0.4, 0.5) is 0 Å². The van der Waals surface area contributed by atoms with E-state index in [-0.39, 0.29) is 25.8 Å². The summed E-state index contributed by atoms with van der Waals surface area (Å²) in [6, 6.07) is 1.33. The molecule has 0 aliphatic rings. The third-order valence-electron chi connectivity index (χ3n) is 1.32. The Labute approximate surface area is 101 Å². The van der Waals surface area contributed by atoms with E-state index in [2.05, 4.69) is 0 Å². The lowest BCUT2D eigenvalue weighted by Crippen LogP contribution is -2.02. The van der Waals surface area contributed by atoms with Crippen molar-refractivity contribution in [3.8, 4) is 5.75 Å².